The number of anilines is 2. The highest BCUT2D eigenvalue weighted by molar-refractivity contribution is 6.05. The molecule has 41 heavy (non-hydrogen) atoms. The molecule has 3 heterocycles. The summed E-state index contributed by atoms with van der Waals surface area (Å²) in [6, 6.07) is 19.7. The molecule has 0 aliphatic carbocycles. The molecule has 3 saturated heterocycles. The number of aliphatic hydroxyl groups excluding tert-OH is 1. The van der Waals surface area contributed by atoms with Crippen molar-refractivity contribution in [3.8, 4) is 5.75 Å². The molecule has 3 aromatic rings. The van der Waals surface area contributed by atoms with Gasteiger partial charge in [0.2, 0.25) is 17.7 Å². The minimum Gasteiger partial charge on any atom is -0.494 e. The molecule has 9 heteroatoms. The van der Waals surface area contributed by atoms with Gasteiger partial charge in [-0.05, 0) is 80.3 Å². The summed E-state index contributed by atoms with van der Waals surface area (Å²) in [5, 5.41) is 17.6. The van der Waals surface area contributed by atoms with Gasteiger partial charge in [-0.3, -0.25) is 14.4 Å². The first-order valence-corrected chi connectivity index (χ1v) is 14.2. The molecular formula is C32H35N3O6. The molecule has 5 atom stereocenters. The number of aliphatic hydroxyl groups is 1. The van der Waals surface area contributed by atoms with E-state index in [-0.39, 0.29) is 30.9 Å². The van der Waals surface area contributed by atoms with E-state index >= 15 is 0 Å². The number of hydrogen-bond acceptors (Lipinski definition) is 6. The minimum absolute atomic E-state index is 0.124. The Morgan fingerprint density at radius 1 is 1.00 bits per heavy atom. The topological polar surface area (TPSA) is 117 Å². The SMILES string of the molecule is CCOc1ccc(NC(=O)[C@H]2[C@H]3C(=O)N(CCCO)C(C(=O)Nc4ccc5ccccc5c4)C34CC[C@]2(C)O4)cc1. The Hall–Kier alpha value is -3.95. The second-order valence-electron chi connectivity index (χ2n) is 11.3. The smallest absolute Gasteiger partial charge is 0.250 e. The highest BCUT2D eigenvalue weighted by Crippen LogP contribution is 2.63. The summed E-state index contributed by atoms with van der Waals surface area (Å²) in [6.45, 7) is 4.38. The first kappa shape index (κ1) is 27.2. The van der Waals surface area contributed by atoms with Crippen LogP contribution in [0.3, 0.4) is 0 Å². The number of nitrogens with zero attached hydrogens (tertiary/aromatic N) is 1. The maximum absolute atomic E-state index is 14.0. The van der Waals surface area contributed by atoms with Crippen LogP contribution >= 0.6 is 0 Å². The number of benzene rings is 3. The van der Waals surface area contributed by atoms with Crippen molar-refractivity contribution in [3.63, 3.8) is 0 Å². The summed E-state index contributed by atoms with van der Waals surface area (Å²) in [5.41, 5.74) is -0.817. The van der Waals surface area contributed by atoms with Crippen LogP contribution in [0.4, 0.5) is 11.4 Å². The van der Waals surface area contributed by atoms with E-state index in [1.54, 1.807) is 24.3 Å². The lowest BCUT2D eigenvalue weighted by Gasteiger charge is -2.33. The molecule has 3 N–H and O–H groups in total. The van der Waals surface area contributed by atoms with Crippen LogP contribution in [0.25, 0.3) is 10.8 Å². The average Bonchev–Trinajstić information content (AvgIpc) is 3.53. The minimum atomic E-state index is -1.14. The molecule has 214 valence electrons. The first-order chi connectivity index (χ1) is 19.8. The quantitative estimate of drug-likeness (QED) is 0.367. The van der Waals surface area contributed by atoms with E-state index in [0.29, 0.717) is 43.0 Å². The van der Waals surface area contributed by atoms with Crippen LogP contribution in [-0.2, 0) is 19.1 Å². The summed E-state index contributed by atoms with van der Waals surface area (Å²) < 4.78 is 12.1. The van der Waals surface area contributed by atoms with Crippen molar-refractivity contribution in [2.75, 3.05) is 30.4 Å². The van der Waals surface area contributed by atoms with E-state index in [2.05, 4.69) is 10.6 Å². The molecule has 3 fully saturated rings. The van der Waals surface area contributed by atoms with Crippen molar-refractivity contribution in [3.05, 3.63) is 66.7 Å². The van der Waals surface area contributed by atoms with Crippen molar-refractivity contribution in [2.45, 2.75) is 50.4 Å². The number of fused-ring (bicyclic) bond motifs is 2. The van der Waals surface area contributed by atoms with Gasteiger partial charge in [0.25, 0.3) is 0 Å². The fourth-order valence-electron chi connectivity index (χ4n) is 7.11. The third kappa shape index (κ3) is 4.53. The summed E-state index contributed by atoms with van der Waals surface area (Å²) >= 11 is 0. The van der Waals surface area contributed by atoms with Gasteiger partial charge in [-0.2, -0.15) is 0 Å². The lowest BCUT2D eigenvalue weighted by atomic mass is 9.66. The molecule has 0 aromatic heterocycles. The van der Waals surface area contributed by atoms with E-state index in [1.807, 2.05) is 56.3 Å². The van der Waals surface area contributed by atoms with E-state index in [0.717, 1.165) is 10.8 Å². The summed E-state index contributed by atoms with van der Waals surface area (Å²) in [6.07, 6.45) is 1.35. The Kier molecular flexibility index (Phi) is 6.95. The van der Waals surface area contributed by atoms with E-state index < -0.39 is 29.1 Å². The van der Waals surface area contributed by atoms with Gasteiger partial charge >= 0.3 is 0 Å². The van der Waals surface area contributed by atoms with Gasteiger partial charge < -0.3 is 30.1 Å². The number of rotatable bonds is 9. The predicted molar refractivity (Wildman–Crippen MR) is 154 cm³/mol. The number of ether oxygens (including phenoxy) is 2. The van der Waals surface area contributed by atoms with Crippen LogP contribution in [0.2, 0.25) is 0 Å². The molecular weight excluding hydrogens is 522 g/mol. The molecule has 2 unspecified atom stereocenters. The Labute approximate surface area is 238 Å². The summed E-state index contributed by atoms with van der Waals surface area (Å²) in [4.78, 5) is 43.3. The van der Waals surface area contributed by atoms with Crippen molar-refractivity contribution in [2.24, 2.45) is 11.8 Å². The molecule has 0 radical (unpaired) electrons. The molecule has 3 amide bonds. The van der Waals surface area contributed by atoms with Crippen molar-refractivity contribution in [1.82, 2.24) is 4.90 Å². The summed E-state index contributed by atoms with van der Waals surface area (Å²) in [7, 11) is 0. The third-order valence-corrected chi connectivity index (χ3v) is 8.81. The molecule has 9 nitrogen and oxygen atoms in total. The van der Waals surface area contributed by atoms with Crippen molar-refractivity contribution >= 4 is 39.9 Å². The standard InChI is InChI=1S/C32H35N3O6/c1-3-40-24-13-11-22(12-14-24)33-28(37)25-26-30(39)35(17-6-18-36)27(32(26)16-15-31(25,2)41-32)29(38)34-23-10-9-20-7-4-5-8-21(20)19-23/h4-5,7-14,19,25-27,36H,3,6,15-18H2,1-2H3,(H,33,37)(H,34,38)/t25-,26+,27?,31+,32?/m1/s1. The number of likely N-dealkylation sites (tertiary alicyclic amines) is 1. The number of hydrogen-bond donors (Lipinski definition) is 3. The Bertz CT molecular complexity index is 1490. The van der Waals surface area contributed by atoms with E-state index in [9.17, 15) is 19.5 Å². The molecule has 1 spiro atoms. The number of amides is 3. The predicted octanol–water partition coefficient (Wildman–Crippen LogP) is 3.96. The highest BCUT2D eigenvalue weighted by Gasteiger charge is 2.77. The lowest BCUT2D eigenvalue weighted by Crippen LogP contribution is -2.53. The maximum Gasteiger partial charge on any atom is 0.250 e. The zero-order chi connectivity index (χ0) is 28.8. The van der Waals surface area contributed by atoms with Gasteiger partial charge in [0.05, 0.1) is 24.0 Å². The fourth-order valence-corrected chi connectivity index (χ4v) is 7.11. The van der Waals surface area contributed by atoms with Gasteiger partial charge in [-0.15, -0.1) is 0 Å². The second kappa shape index (κ2) is 10.5. The van der Waals surface area contributed by atoms with Crippen molar-refractivity contribution < 1.29 is 29.0 Å². The molecule has 3 aromatic carbocycles. The molecule has 3 aliphatic rings. The first-order valence-electron chi connectivity index (χ1n) is 14.2. The van der Waals surface area contributed by atoms with Crippen LogP contribution < -0.4 is 15.4 Å². The van der Waals surface area contributed by atoms with Crippen LogP contribution in [0, 0.1) is 11.8 Å². The number of carbonyl (C=O) groups is 3. The monoisotopic (exact) mass is 557 g/mol. The van der Waals surface area contributed by atoms with Crippen LogP contribution in [-0.4, -0.2) is 64.7 Å². The third-order valence-electron chi connectivity index (χ3n) is 8.81. The Balaban J connectivity index is 1.30. The summed E-state index contributed by atoms with van der Waals surface area (Å²) in [5.74, 6) is -1.83. The number of carbonyl (C=O) groups excluding carboxylic acids is 3. The molecule has 6 rings (SSSR count). The zero-order valence-corrected chi connectivity index (χ0v) is 23.3. The van der Waals surface area contributed by atoms with Crippen molar-refractivity contribution in [1.29, 1.82) is 0 Å². The molecule has 2 bridgehead atoms. The van der Waals surface area contributed by atoms with Crippen LogP contribution in [0.15, 0.2) is 66.7 Å². The van der Waals surface area contributed by atoms with E-state index in [4.69, 9.17) is 9.47 Å². The van der Waals surface area contributed by atoms with E-state index in [1.165, 1.54) is 4.90 Å². The Morgan fingerprint density at radius 2 is 1.71 bits per heavy atom. The zero-order valence-electron chi connectivity index (χ0n) is 23.3. The Morgan fingerprint density at radius 3 is 2.44 bits per heavy atom. The maximum atomic E-state index is 14.0. The molecule has 3 aliphatic heterocycles. The second-order valence-corrected chi connectivity index (χ2v) is 11.3. The van der Waals surface area contributed by atoms with Gasteiger partial charge in [0, 0.05) is 24.5 Å². The molecule has 0 saturated carbocycles. The van der Waals surface area contributed by atoms with Gasteiger partial charge in [-0.25, -0.2) is 0 Å². The highest BCUT2D eigenvalue weighted by atomic mass is 16.5. The largest absolute Gasteiger partial charge is 0.494 e. The van der Waals surface area contributed by atoms with Gasteiger partial charge in [0.15, 0.2) is 0 Å². The normalized spacial score (nSPS) is 28.1. The number of nitrogens with one attached hydrogen (secondary N) is 2. The average molecular weight is 558 g/mol. The van der Waals surface area contributed by atoms with Crippen LogP contribution in [0.5, 0.6) is 5.75 Å². The van der Waals surface area contributed by atoms with Crippen LogP contribution in [0.1, 0.15) is 33.1 Å². The lowest BCUT2D eigenvalue weighted by molar-refractivity contribution is -0.143. The van der Waals surface area contributed by atoms with Gasteiger partial charge in [0.1, 0.15) is 17.4 Å². The van der Waals surface area contributed by atoms with Gasteiger partial charge in [-0.1, -0.05) is 30.3 Å². The fraction of sp³-hybridized carbons (Fsp3) is 0.406.